The van der Waals surface area contributed by atoms with Crippen LogP contribution >= 0.6 is 0 Å². The van der Waals surface area contributed by atoms with E-state index in [9.17, 15) is 0 Å². The van der Waals surface area contributed by atoms with Crippen LogP contribution < -0.4 is 0 Å². The molecule has 0 aliphatic rings. The summed E-state index contributed by atoms with van der Waals surface area (Å²) in [5, 5.41) is 14.6. The Hall–Kier alpha value is -2.86. The van der Waals surface area contributed by atoms with E-state index in [1.807, 2.05) is 24.3 Å². The van der Waals surface area contributed by atoms with Gasteiger partial charge in [0.25, 0.3) is 0 Å². The highest BCUT2D eigenvalue weighted by atomic mass is 16.4. The van der Waals surface area contributed by atoms with E-state index in [2.05, 4.69) is 10.1 Å². The minimum absolute atomic E-state index is 0.140. The molecule has 1 aromatic carbocycles. The van der Waals surface area contributed by atoms with Gasteiger partial charge >= 0.3 is 6.01 Å². The Kier molecular flexibility index (Phi) is 2.61. The monoisotopic (exact) mass is 281 g/mol. The van der Waals surface area contributed by atoms with Gasteiger partial charge in [-0.05, 0) is 18.2 Å². The Balaban J connectivity index is 1.97. The maximum absolute atomic E-state index is 9.12. The standard InChI is InChI=1S/C15H11N3O3/c19-9-10-5-6-13(21-10)14-11-3-1-2-4-12(11)18(17-14)15-16-7-8-20-15/h1-8,19H,9H2. The van der Waals surface area contributed by atoms with Crippen molar-refractivity contribution < 1.29 is 13.9 Å². The number of furan rings is 1. The molecule has 0 unspecified atom stereocenters. The Morgan fingerprint density at radius 1 is 1.14 bits per heavy atom. The maximum Gasteiger partial charge on any atom is 0.323 e. The maximum atomic E-state index is 9.12. The lowest BCUT2D eigenvalue weighted by Gasteiger charge is -1.95. The molecule has 0 bridgehead atoms. The summed E-state index contributed by atoms with van der Waals surface area (Å²) in [7, 11) is 0. The third-order valence-corrected chi connectivity index (χ3v) is 3.24. The molecule has 0 saturated heterocycles. The number of nitrogens with zero attached hydrogens (tertiary/aromatic N) is 3. The van der Waals surface area contributed by atoms with Gasteiger partial charge in [-0.3, -0.25) is 0 Å². The van der Waals surface area contributed by atoms with Crippen molar-refractivity contribution in [2.75, 3.05) is 0 Å². The molecular formula is C15H11N3O3. The lowest BCUT2D eigenvalue weighted by molar-refractivity contribution is 0.248. The summed E-state index contributed by atoms with van der Waals surface area (Å²) in [4.78, 5) is 4.13. The first kappa shape index (κ1) is 11.9. The molecule has 6 heteroatoms. The van der Waals surface area contributed by atoms with E-state index in [1.165, 1.54) is 6.26 Å². The fourth-order valence-electron chi connectivity index (χ4n) is 2.30. The Morgan fingerprint density at radius 2 is 2.05 bits per heavy atom. The summed E-state index contributed by atoms with van der Waals surface area (Å²) in [6.07, 6.45) is 3.07. The number of aromatic nitrogens is 3. The van der Waals surface area contributed by atoms with Gasteiger partial charge < -0.3 is 13.9 Å². The number of aliphatic hydroxyl groups excluding tert-OH is 1. The lowest BCUT2D eigenvalue weighted by Crippen LogP contribution is -1.96. The average Bonchev–Trinajstić information content (AvgIpc) is 3.25. The second-order valence-corrected chi connectivity index (χ2v) is 4.52. The zero-order chi connectivity index (χ0) is 14.2. The molecule has 0 aliphatic carbocycles. The van der Waals surface area contributed by atoms with Crippen molar-refractivity contribution in [1.29, 1.82) is 0 Å². The Labute approximate surface area is 119 Å². The molecule has 3 heterocycles. The molecule has 0 fully saturated rings. The van der Waals surface area contributed by atoms with Gasteiger partial charge in [0.15, 0.2) is 5.76 Å². The number of benzene rings is 1. The van der Waals surface area contributed by atoms with Crippen molar-refractivity contribution in [1.82, 2.24) is 14.8 Å². The molecule has 0 saturated carbocycles. The van der Waals surface area contributed by atoms with Crippen LogP contribution in [0.2, 0.25) is 0 Å². The van der Waals surface area contributed by atoms with E-state index in [4.69, 9.17) is 13.9 Å². The number of hydrogen-bond donors (Lipinski definition) is 1. The number of oxazole rings is 1. The fourth-order valence-corrected chi connectivity index (χ4v) is 2.30. The topological polar surface area (TPSA) is 77.2 Å². The van der Waals surface area contributed by atoms with E-state index >= 15 is 0 Å². The summed E-state index contributed by atoms with van der Waals surface area (Å²) in [5.74, 6) is 1.10. The molecule has 0 atom stereocenters. The largest absolute Gasteiger partial charge is 0.457 e. The van der Waals surface area contributed by atoms with Crippen LogP contribution in [-0.4, -0.2) is 19.9 Å². The van der Waals surface area contributed by atoms with Crippen molar-refractivity contribution in [2.45, 2.75) is 6.61 Å². The third-order valence-electron chi connectivity index (χ3n) is 3.24. The van der Waals surface area contributed by atoms with E-state index < -0.39 is 0 Å². The Morgan fingerprint density at radius 3 is 2.81 bits per heavy atom. The summed E-state index contributed by atoms with van der Waals surface area (Å²) < 4.78 is 12.5. The van der Waals surface area contributed by atoms with Crippen molar-refractivity contribution in [3.05, 3.63) is 54.6 Å². The molecule has 0 aliphatic heterocycles. The predicted octanol–water partition coefficient (Wildman–Crippen LogP) is 2.77. The first-order valence-corrected chi connectivity index (χ1v) is 6.44. The van der Waals surface area contributed by atoms with E-state index in [0.717, 1.165) is 10.9 Å². The smallest absolute Gasteiger partial charge is 0.323 e. The first-order chi connectivity index (χ1) is 10.4. The van der Waals surface area contributed by atoms with Crippen molar-refractivity contribution in [3.63, 3.8) is 0 Å². The van der Waals surface area contributed by atoms with Crippen LogP contribution in [-0.2, 0) is 6.61 Å². The van der Waals surface area contributed by atoms with Gasteiger partial charge in [0.2, 0.25) is 0 Å². The van der Waals surface area contributed by atoms with Gasteiger partial charge in [-0.25, -0.2) is 4.98 Å². The number of para-hydroxylation sites is 1. The summed E-state index contributed by atoms with van der Waals surface area (Å²) in [5.41, 5.74) is 1.56. The second-order valence-electron chi connectivity index (χ2n) is 4.52. The van der Waals surface area contributed by atoms with Gasteiger partial charge in [0.1, 0.15) is 24.3 Å². The van der Waals surface area contributed by atoms with Crippen LogP contribution in [0.4, 0.5) is 0 Å². The molecule has 21 heavy (non-hydrogen) atoms. The van der Waals surface area contributed by atoms with Gasteiger partial charge in [-0.2, -0.15) is 9.78 Å². The molecule has 0 spiro atoms. The minimum Gasteiger partial charge on any atom is -0.457 e. The molecule has 0 amide bonds. The van der Waals surface area contributed by atoms with Crippen LogP contribution in [0, 0.1) is 0 Å². The van der Waals surface area contributed by atoms with Crippen LogP contribution in [0.25, 0.3) is 28.4 Å². The molecular weight excluding hydrogens is 270 g/mol. The summed E-state index contributed by atoms with van der Waals surface area (Å²) in [6, 6.07) is 11.7. The van der Waals surface area contributed by atoms with Crippen molar-refractivity contribution >= 4 is 10.9 Å². The van der Waals surface area contributed by atoms with Gasteiger partial charge in [-0.15, -0.1) is 0 Å². The predicted molar refractivity (Wildman–Crippen MR) is 74.8 cm³/mol. The number of fused-ring (bicyclic) bond motifs is 1. The van der Waals surface area contributed by atoms with Crippen molar-refractivity contribution in [3.8, 4) is 17.5 Å². The normalized spacial score (nSPS) is 11.3. The van der Waals surface area contributed by atoms with E-state index in [1.54, 1.807) is 23.0 Å². The molecule has 6 nitrogen and oxygen atoms in total. The van der Waals surface area contributed by atoms with Gasteiger partial charge in [-0.1, -0.05) is 18.2 Å². The Bertz CT molecular complexity index is 890. The average molecular weight is 281 g/mol. The van der Waals surface area contributed by atoms with Gasteiger partial charge in [0.05, 0.1) is 11.7 Å². The van der Waals surface area contributed by atoms with Crippen LogP contribution in [0.5, 0.6) is 0 Å². The third kappa shape index (κ3) is 1.85. The van der Waals surface area contributed by atoms with Gasteiger partial charge in [0, 0.05) is 5.39 Å². The number of rotatable bonds is 3. The summed E-state index contributed by atoms with van der Waals surface area (Å²) in [6.45, 7) is -0.140. The highest BCUT2D eigenvalue weighted by molar-refractivity contribution is 5.92. The first-order valence-electron chi connectivity index (χ1n) is 6.44. The SMILES string of the molecule is OCc1ccc(-c2nn(-c3ncco3)c3ccccc23)o1. The number of aliphatic hydroxyl groups is 1. The molecule has 1 N–H and O–H groups in total. The highest BCUT2D eigenvalue weighted by Gasteiger charge is 2.17. The second kappa shape index (κ2) is 4.60. The van der Waals surface area contributed by atoms with Crippen LogP contribution in [0.3, 0.4) is 0 Å². The zero-order valence-corrected chi connectivity index (χ0v) is 10.9. The number of hydrogen-bond acceptors (Lipinski definition) is 5. The fraction of sp³-hybridized carbons (Fsp3) is 0.0667. The molecule has 3 aromatic heterocycles. The lowest BCUT2D eigenvalue weighted by atomic mass is 10.2. The van der Waals surface area contributed by atoms with E-state index in [0.29, 0.717) is 23.2 Å². The van der Waals surface area contributed by atoms with Crippen LogP contribution in [0.1, 0.15) is 5.76 Å². The summed E-state index contributed by atoms with van der Waals surface area (Å²) >= 11 is 0. The quantitative estimate of drug-likeness (QED) is 0.624. The molecule has 4 rings (SSSR count). The van der Waals surface area contributed by atoms with Crippen molar-refractivity contribution in [2.24, 2.45) is 0 Å². The highest BCUT2D eigenvalue weighted by Crippen LogP contribution is 2.30. The molecule has 104 valence electrons. The van der Waals surface area contributed by atoms with E-state index in [-0.39, 0.29) is 6.61 Å². The zero-order valence-electron chi connectivity index (χ0n) is 10.9. The molecule has 4 aromatic rings. The minimum atomic E-state index is -0.140. The van der Waals surface area contributed by atoms with Crippen LogP contribution in [0.15, 0.2) is 57.7 Å². The molecule has 0 radical (unpaired) electrons.